The molecule has 0 bridgehead atoms. The van der Waals surface area contributed by atoms with Gasteiger partial charge in [-0.15, -0.1) is 0 Å². The Morgan fingerprint density at radius 1 is 1.39 bits per heavy atom. The Hall–Kier alpha value is -2.41. The summed E-state index contributed by atoms with van der Waals surface area (Å²) >= 11 is 0. The second-order valence-corrected chi connectivity index (χ2v) is 3.55. The summed E-state index contributed by atoms with van der Waals surface area (Å²) in [5.74, 6) is -2.38. The summed E-state index contributed by atoms with van der Waals surface area (Å²) in [6.07, 6.45) is -0.0727. The van der Waals surface area contributed by atoms with E-state index in [0.29, 0.717) is 5.65 Å². The van der Waals surface area contributed by atoms with E-state index in [1.165, 1.54) is 23.8 Å². The molecule has 1 unspecified atom stereocenters. The first-order valence-corrected chi connectivity index (χ1v) is 5.01. The Bertz CT molecular complexity index is 619. The van der Waals surface area contributed by atoms with Crippen LogP contribution in [0.15, 0.2) is 24.4 Å². The van der Waals surface area contributed by atoms with E-state index in [1.807, 2.05) is 0 Å². The van der Waals surface area contributed by atoms with Gasteiger partial charge in [0.1, 0.15) is 5.65 Å². The average Bonchev–Trinajstić information content (AvgIpc) is 2.74. The number of hydrogen-bond acceptors (Lipinski definition) is 4. The number of imidazole rings is 1. The quantitative estimate of drug-likeness (QED) is 0.832. The molecule has 0 aliphatic heterocycles. The fourth-order valence-corrected chi connectivity index (χ4v) is 1.77. The highest BCUT2D eigenvalue weighted by Gasteiger charge is 2.24. The van der Waals surface area contributed by atoms with Crippen molar-refractivity contribution in [2.24, 2.45) is 0 Å². The van der Waals surface area contributed by atoms with E-state index in [0.717, 1.165) is 0 Å². The molecule has 7 heteroatoms. The number of carboxylic acids is 2. The minimum absolute atomic E-state index is 0.107. The molecular weight excluding hydrogens is 240 g/mol. The van der Waals surface area contributed by atoms with Gasteiger partial charge in [-0.2, -0.15) is 0 Å². The SMILES string of the molecule is COC(C(=O)O)c1cccc2ncc(C(=O)O)n12. The highest BCUT2D eigenvalue weighted by molar-refractivity contribution is 5.87. The van der Waals surface area contributed by atoms with Gasteiger partial charge in [0, 0.05) is 7.11 Å². The van der Waals surface area contributed by atoms with Crippen LogP contribution in [0.4, 0.5) is 0 Å². The van der Waals surface area contributed by atoms with Gasteiger partial charge in [-0.1, -0.05) is 6.07 Å². The van der Waals surface area contributed by atoms with E-state index in [4.69, 9.17) is 14.9 Å². The number of rotatable bonds is 4. The zero-order valence-electron chi connectivity index (χ0n) is 9.40. The molecule has 2 aromatic heterocycles. The number of carboxylic acid groups (broad SMARTS) is 2. The van der Waals surface area contributed by atoms with E-state index in [9.17, 15) is 9.59 Å². The lowest BCUT2D eigenvalue weighted by Crippen LogP contribution is -2.18. The zero-order valence-corrected chi connectivity index (χ0v) is 9.40. The lowest BCUT2D eigenvalue weighted by Gasteiger charge is -2.13. The summed E-state index contributed by atoms with van der Waals surface area (Å²) in [5, 5.41) is 18.1. The molecule has 0 saturated carbocycles. The maximum Gasteiger partial charge on any atom is 0.354 e. The van der Waals surface area contributed by atoms with Gasteiger partial charge in [0.05, 0.1) is 11.9 Å². The molecule has 0 amide bonds. The standard InChI is InChI=1S/C11H10N2O5/c1-18-9(11(16)17)6-3-2-4-8-12-5-7(10(14)15)13(6)8/h2-5,9H,1H3,(H,14,15)(H,16,17). The Labute approximate surface area is 101 Å². The van der Waals surface area contributed by atoms with Gasteiger partial charge in [0.2, 0.25) is 0 Å². The predicted molar refractivity (Wildman–Crippen MR) is 59.5 cm³/mol. The molecule has 0 spiro atoms. The van der Waals surface area contributed by atoms with Crippen LogP contribution in [-0.4, -0.2) is 38.6 Å². The van der Waals surface area contributed by atoms with E-state index in [-0.39, 0.29) is 11.4 Å². The van der Waals surface area contributed by atoms with Gasteiger partial charge in [0.25, 0.3) is 0 Å². The predicted octanol–water partition coefficient (Wildman–Crippen LogP) is 0.805. The lowest BCUT2D eigenvalue weighted by atomic mass is 10.2. The van der Waals surface area contributed by atoms with Gasteiger partial charge in [0.15, 0.2) is 11.8 Å². The molecular formula is C11H10N2O5. The molecule has 2 N–H and O–H groups in total. The lowest BCUT2D eigenvalue weighted by molar-refractivity contribution is -0.149. The van der Waals surface area contributed by atoms with Crippen molar-refractivity contribution in [2.75, 3.05) is 7.11 Å². The molecule has 94 valence electrons. The van der Waals surface area contributed by atoms with E-state index >= 15 is 0 Å². The third kappa shape index (κ3) is 1.80. The molecule has 1 atom stereocenters. The first-order valence-electron chi connectivity index (χ1n) is 5.01. The Balaban J connectivity index is 2.73. The number of aromatic nitrogens is 2. The molecule has 18 heavy (non-hydrogen) atoms. The average molecular weight is 250 g/mol. The molecule has 0 saturated heterocycles. The number of pyridine rings is 1. The van der Waals surface area contributed by atoms with Gasteiger partial charge in [-0.05, 0) is 12.1 Å². The van der Waals surface area contributed by atoms with Crippen molar-refractivity contribution in [3.8, 4) is 0 Å². The minimum Gasteiger partial charge on any atom is -0.479 e. The van der Waals surface area contributed by atoms with E-state index in [2.05, 4.69) is 4.98 Å². The van der Waals surface area contributed by atoms with Crippen molar-refractivity contribution in [1.82, 2.24) is 9.38 Å². The molecule has 7 nitrogen and oxygen atoms in total. The molecule has 0 fully saturated rings. The highest BCUT2D eigenvalue weighted by Crippen LogP contribution is 2.20. The molecule has 2 aromatic rings. The summed E-state index contributed by atoms with van der Waals surface area (Å²) in [6.45, 7) is 0. The number of hydrogen-bond donors (Lipinski definition) is 2. The van der Waals surface area contributed by atoms with Crippen molar-refractivity contribution in [3.63, 3.8) is 0 Å². The minimum atomic E-state index is -1.25. The topological polar surface area (TPSA) is 101 Å². The smallest absolute Gasteiger partial charge is 0.354 e. The summed E-state index contributed by atoms with van der Waals surface area (Å²) in [6, 6.07) is 4.67. The normalized spacial score (nSPS) is 12.5. The summed E-state index contributed by atoms with van der Waals surface area (Å²) in [5.41, 5.74) is 0.453. The van der Waals surface area contributed by atoms with Crippen molar-refractivity contribution in [1.29, 1.82) is 0 Å². The van der Waals surface area contributed by atoms with Crippen LogP contribution in [0.5, 0.6) is 0 Å². The fraction of sp³-hybridized carbons (Fsp3) is 0.182. The van der Waals surface area contributed by atoms with Crippen LogP contribution < -0.4 is 0 Å². The molecule has 2 heterocycles. The fourth-order valence-electron chi connectivity index (χ4n) is 1.77. The van der Waals surface area contributed by atoms with Crippen LogP contribution in [0.1, 0.15) is 22.3 Å². The number of ether oxygens (including phenoxy) is 1. The Kier molecular flexibility index (Phi) is 2.99. The number of fused-ring (bicyclic) bond motifs is 1. The highest BCUT2D eigenvalue weighted by atomic mass is 16.5. The van der Waals surface area contributed by atoms with Crippen LogP contribution in [0.25, 0.3) is 5.65 Å². The summed E-state index contributed by atoms with van der Waals surface area (Å²) < 4.78 is 6.12. The van der Waals surface area contributed by atoms with Crippen LogP contribution in [0, 0.1) is 0 Å². The third-order valence-corrected chi connectivity index (χ3v) is 2.51. The molecule has 2 rings (SSSR count). The van der Waals surface area contributed by atoms with E-state index < -0.39 is 18.0 Å². The zero-order chi connectivity index (χ0) is 13.3. The summed E-state index contributed by atoms with van der Waals surface area (Å²) in [7, 11) is 1.25. The van der Waals surface area contributed by atoms with Gasteiger partial charge < -0.3 is 14.9 Å². The number of nitrogens with zero attached hydrogens (tertiary/aromatic N) is 2. The largest absolute Gasteiger partial charge is 0.479 e. The second-order valence-electron chi connectivity index (χ2n) is 3.55. The van der Waals surface area contributed by atoms with Crippen LogP contribution in [0.3, 0.4) is 0 Å². The second kappa shape index (κ2) is 4.46. The van der Waals surface area contributed by atoms with Crippen molar-refractivity contribution in [3.05, 3.63) is 35.8 Å². The van der Waals surface area contributed by atoms with Crippen LogP contribution >= 0.6 is 0 Å². The number of methoxy groups -OCH3 is 1. The summed E-state index contributed by atoms with van der Waals surface area (Å²) in [4.78, 5) is 26.0. The number of carbonyl (C=O) groups is 2. The van der Waals surface area contributed by atoms with Crippen molar-refractivity contribution in [2.45, 2.75) is 6.10 Å². The van der Waals surface area contributed by atoms with Crippen LogP contribution in [0.2, 0.25) is 0 Å². The Morgan fingerprint density at radius 3 is 2.67 bits per heavy atom. The maximum absolute atomic E-state index is 11.1. The van der Waals surface area contributed by atoms with Gasteiger partial charge in [-0.3, -0.25) is 4.40 Å². The number of aromatic carboxylic acids is 1. The first-order chi connectivity index (χ1) is 8.56. The van der Waals surface area contributed by atoms with Gasteiger partial charge in [-0.25, -0.2) is 14.6 Å². The monoisotopic (exact) mass is 250 g/mol. The molecule has 0 aliphatic rings. The molecule has 0 aromatic carbocycles. The van der Waals surface area contributed by atoms with Crippen molar-refractivity contribution < 1.29 is 24.5 Å². The van der Waals surface area contributed by atoms with Crippen LogP contribution in [-0.2, 0) is 9.53 Å². The molecule has 0 aliphatic carbocycles. The Morgan fingerprint density at radius 2 is 2.11 bits per heavy atom. The van der Waals surface area contributed by atoms with Gasteiger partial charge >= 0.3 is 11.9 Å². The molecule has 0 radical (unpaired) electrons. The van der Waals surface area contributed by atoms with Crippen molar-refractivity contribution >= 4 is 17.6 Å². The maximum atomic E-state index is 11.1. The first kappa shape index (κ1) is 12.1. The third-order valence-electron chi connectivity index (χ3n) is 2.51. The number of aliphatic carboxylic acids is 1. The van der Waals surface area contributed by atoms with E-state index in [1.54, 1.807) is 12.1 Å².